The summed E-state index contributed by atoms with van der Waals surface area (Å²) in [5.41, 5.74) is 0.270. The van der Waals surface area contributed by atoms with Crippen molar-refractivity contribution in [3.63, 3.8) is 0 Å². The molecule has 0 radical (unpaired) electrons. The van der Waals surface area contributed by atoms with Gasteiger partial charge in [0, 0.05) is 18.8 Å². The zero-order chi connectivity index (χ0) is 10.8. The van der Waals surface area contributed by atoms with Crippen LogP contribution in [-0.2, 0) is 10.2 Å². The maximum atomic E-state index is 10.9. The molecule has 4 nitrogen and oxygen atoms in total. The lowest BCUT2D eigenvalue weighted by molar-refractivity contribution is -0.111. The van der Waals surface area contributed by atoms with Gasteiger partial charge < -0.3 is 10.1 Å². The molecule has 0 saturated carbocycles. The molecule has 0 amide bonds. The Bertz CT molecular complexity index is 347. The van der Waals surface area contributed by atoms with E-state index in [2.05, 4.69) is 15.3 Å². The van der Waals surface area contributed by atoms with Gasteiger partial charge in [-0.15, -0.1) is 0 Å². The number of anilines is 1. The van der Waals surface area contributed by atoms with E-state index < -0.39 is 5.41 Å². The Morgan fingerprint density at radius 1 is 1.50 bits per heavy atom. The molecule has 0 bridgehead atoms. The van der Waals surface area contributed by atoms with Crippen LogP contribution in [0.5, 0.6) is 0 Å². The van der Waals surface area contributed by atoms with Crippen molar-refractivity contribution in [1.29, 1.82) is 0 Å². The molecule has 0 aliphatic rings. The number of hydrogen-bond acceptors (Lipinski definition) is 4. The average molecular weight is 193 g/mol. The Kier molecular flexibility index (Phi) is 2.84. The SMILES string of the molecule is CNc1nc(C)ncc1C(C)(C)C=O. The topological polar surface area (TPSA) is 54.9 Å². The van der Waals surface area contributed by atoms with Gasteiger partial charge in [-0.2, -0.15) is 0 Å². The van der Waals surface area contributed by atoms with E-state index in [-0.39, 0.29) is 0 Å². The van der Waals surface area contributed by atoms with Gasteiger partial charge in [-0.3, -0.25) is 0 Å². The average Bonchev–Trinajstić information content (AvgIpc) is 2.17. The summed E-state index contributed by atoms with van der Waals surface area (Å²) >= 11 is 0. The number of carbonyl (C=O) groups is 1. The molecule has 4 heteroatoms. The Hall–Kier alpha value is -1.45. The fraction of sp³-hybridized carbons (Fsp3) is 0.500. The number of carbonyl (C=O) groups excluding carboxylic acids is 1. The van der Waals surface area contributed by atoms with Gasteiger partial charge >= 0.3 is 0 Å². The number of aromatic nitrogens is 2. The normalized spacial score (nSPS) is 11.1. The summed E-state index contributed by atoms with van der Waals surface area (Å²) in [5.74, 6) is 1.41. The van der Waals surface area contributed by atoms with Crippen LogP contribution in [0, 0.1) is 6.92 Å². The van der Waals surface area contributed by atoms with Crippen LogP contribution in [-0.4, -0.2) is 23.3 Å². The summed E-state index contributed by atoms with van der Waals surface area (Å²) in [6, 6.07) is 0. The van der Waals surface area contributed by atoms with E-state index >= 15 is 0 Å². The van der Waals surface area contributed by atoms with Crippen LogP contribution in [0.4, 0.5) is 5.82 Å². The Balaban J connectivity index is 3.27. The Morgan fingerprint density at radius 3 is 2.64 bits per heavy atom. The second kappa shape index (κ2) is 3.74. The maximum Gasteiger partial charge on any atom is 0.133 e. The van der Waals surface area contributed by atoms with Gasteiger partial charge in [0.05, 0.1) is 5.41 Å². The second-order valence-electron chi connectivity index (χ2n) is 3.77. The zero-order valence-electron chi connectivity index (χ0n) is 8.96. The number of nitrogens with one attached hydrogen (secondary N) is 1. The molecule has 76 valence electrons. The molecular formula is C10H15N3O. The molecular weight excluding hydrogens is 178 g/mol. The number of hydrogen-bond donors (Lipinski definition) is 1. The van der Waals surface area contributed by atoms with Crippen LogP contribution in [0.2, 0.25) is 0 Å². The summed E-state index contributed by atoms with van der Waals surface area (Å²) < 4.78 is 0. The molecule has 0 aromatic carbocycles. The summed E-state index contributed by atoms with van der Waals surface area (Å²) in [5, 5.41) is 2.97. The molecule has 1 N–H and O–H groups in total. The summed E-state index contributed by atoms with van der Waals surface area (Å²) in [6.45, 7) is 5.50. The van der Waals surface area contributed by atoms with Gasteiger partial charge in [0.1, 0.15) is 17.9 Å². The van der Waals surface area contributed by atoms with Crippen molar-refractivity contribution in [3.05, 3.63) is 17.6 Å². The molecule has 0 fully saturated rings. The molecule has 0 aliphatic heterocycles. The third-order valence-corrected chi connectivity index (χ3v) is 2.13. The molecule has 1 aromatic heterocycles. The Labute approximate surface area is 83.8 Å². The maximum absolute atomic E-state index is 10.9. The van der Waals surface area contributed by atoms with Crippen molar-refractivity contribution >= 4 is 12.1 Å². The van der Waals surface area contributed by atoms with Crippen molar-refractivity contribution in [2.45, 2.75) is 26.2 Å². The van der Waals surface area contributed by atoms with Crippen LogP contribution in [0.15, 0.2) is 6.20 Å². The van der Waals surface area contributed by atoms with Crippen molar-refractivity contribution in [2.75, 3.05) is 12.4 Å². The summed E-state index contributed by atoms with van der Waals surface area (Å²) in [6.07, 6.45) is 2.60. The highest BCUT2D eigenvalue weighted by Gasteiger charge is 2.24. The minimum Gasteiger partial charge on any atom is -0.373 e. The van der Waals surface area contributed by atoms with Gasteiger partial charge in [-0.1, -0.05) is 0 Å². The third kappa shape index (κ3) is 1.89. The number of aldehydes is 1. The molecule has 0 unspecified atom stereocenters. The molecule has 14 heavy (non-hydrogen) atoms. The van der Waals surface area contributed by atoms with E-state index in [0.717, 1.165) is 17.7 Å². The van der Waals surface area contributed by atoms with Crippen LogP contribution < -0.4 is 5.32 Å². The quantitative estimate of drug-likeness (QED) is 0.735. The minimum absolute atomic E-state index is 0.550. The largest absolute Gasteiger partial charge is 0.373 e. The lowest BCUT2D eigenvalue weighted by atomic mass is 9.87. The second-order valence-corrected chi connectivity index (χ2v) is 3.77. The predicted octanol–water partition coefficient (Wildman–Crippen LogP) is 1.30. The van der Waals surface area contributed by atoms with E-state index in [9.17, 15) is 4.79 Å². The van der Waals surface area contributed by atoms with Crippen LogP contribution in [0.1, 0.15) is 25.2 Å². The van der Waals surface area contributed by atoms with E-state index in [0.29, 0.717) is 5.82 Å². The first-order valence-electron chi connectivity index (χ1n) is 4.49. The molecule has 0 aliphatic carbocycles. The first-order chi connectivity index (χ1) is 6.51. The highest BCUT2D eigenvalue weighted by atomic mass is 16.1. The number of aryl methyl sites for hydroxylation is 1. The molecule has 1 aromatic rings. The highest BCUT2D eigenvalue weighted by molar-refractivity contribution is 5.70. The number of nitrogens with zero attached hydrogens (tertiary/aromatic N) is 2. The zero-order valence-corrected chi connectivity index (χ0v) is 8.96. The Morgan fingerprint density at radius 2 is 2.14 bits per heavy atom. The van der Waals surface area contributed by atoms with Gasteiger partial charge in [0.25, 0.3) is 0 Å². The predicted molar refractivity (Wildman–Crippen MR) is 55.4 cm³/mol. The lowest BCUT2D eigenvalue weighted by Gasteiger charge is -2.19. The fourth-order valence-corrected chi connectivity index (χ4v) is 1.20. The van der Waals surface area contributed by atoms with E-state index in [1.807, 2.05) is 20.8 Å². The van der Waals surface area contributed by atoms with Crippen LogP contribution >= 0.6 is 0 Å². The van der Waals surface area contributed by atoms with Gasteiger partial charge in [-0.25, -0.2) is 9.97 Å². The van der Waals surface area contributed by atoms with Gasteiger partial charge in [0.15, 0.2) is 0 Å². The van der Waals surface area contributed by atoms with Gasteiger partial charge in [-0.05, 0) is 20.8 Å². The monoisotopic (exact) mass is 193 g/mol. The number of rotatable bonds is 3. The van der Waals surface area contributed by atoms with Crippen molar-refractivity contribution in [3.8, 4) is 0 Å². The van der Waals surface area contributed by atoms with E-state index in [1.165, 1.54) is 0 Å². The summed E-state index contributed by atoms with van der Waals surface area (Å²) in [7, 11) is 1.78. The van der Waals surface area contributed by atoms with Crippen molar-refractivity contribution < 1.29 is 4.79 Å². The molecule has 0 saturated heterocycles. The molecule has 0 spiro atoms. The molecule has 1 heterocycles. The van der Waals surface area contributed by atoms with Gasteiger partial charge in [0.2, 0.25) is 0 Å². The molecule has 0 atom stereocenters. The standard InChI is InChI=1S/C10H15N3O/c1-7-12-5-8(9(11-4)13-7)10(2,3)6-14/h5-6H,1-4H3,(H,11,12,13). The summed E-state index contributed by atoms with van der Waals surface area (Å²) in [4.78, 5) is 19.2. The molecule has 1 rings (SSSR count). The van der Waals surface area contributed by atoms with E-state index in [4.69, 9.17) is 0 Å². The third-order valence-electron chi connectivity index (χ3n) is 2.13. The van der Waals surface area contributed by atoms with E-state index in [1.54, 1.807) is 13.2 Å². The first kappa shape index (κ1) is 10.6. The smallest absolute Gasteiger partial charge is 0.133 e. The highest BCUT2D eigenvalue weighted by Crippen LogP contribution is 2.25. The minimum atomic E-state index is -0.550. The van der Waals surface area contributed by atoms with Crippen LogP contribution in [0.25, 0.3) is 0 Å². The first-order valence-corrected chi connectivity index (χ1v) is 4.49. The lowest BCUT2D eigenvalue weighted by Crippen LogP contribution is -2.21. The van der Waals surface area contributed by atoms with Crippen molar-refractivity contribution in [1.82, 2.24) is 9.97 Å². The van der Waals surface area contributed by atoms with Crippen LogP contribution in [0.3, 0.4) is 0 Å². The fourth-order valence-electron chi connectivity index (χ4n) is 1.20. The van der Waals surface area contributed by atoms with Crippen molar-refractivity contribution in [2.24, 2.45) is 0 Å².